The third-order valence-electron chi connectivity index (χ3n) is 4.16. The van der Waals surface area contributed by atoms with Gasteiger partial charge in [-0.05, 0) is 24.5 Å². The second-order valence-corrected chi connectivity index (χ2v) is 7.59. The highest BCUT2D eigenvalue weighted by atomic mass is 32.2. The van der Waals surface area contributed by atoms with Crippen LogP contribution in [0, 0.1) is 5.92 Å². The standard InChI is InChI=1S/C14H19N3O2S/c1-20(18,19)12-7-3-6-11-13(12)16-14(15)17(11)9-8-10-4-2-5-10/h3,6-7,10H,2,4-5,8-9H2,1H3,(H2,15,16). The average Bonchev–Trinajstić information content (AvgIpc) is 2.62. The number of para-hydroxylation sites is 1. The highest BCUT2D eigenvalue weighted by Gasteiger charge is 2.20. The van der Waals surface area contributed by atoms with Crippen LogP contribution in [-0.4, -0.2) is 24.2 Å². The predicted octanol–water partition coefficient (Wildman–Crippen LogP) is 2.21. The van der Waals surface area contributed by atoms with Crippen LogP contribution < -0.4 is 5.73 Å². The van der Waals surface area contributed by atoms with Crippen molar-refractivity contribution in [2.45, 2.75) is 37.1 Å². The zero-order valence-corrected chi connectivity index (χ0v) is 12.4. The minimum atomic E-state index is -3.29. The van der Waals surface area contributed by atoms with Crippen molar-refractivity contribution in [3.05, 3.63) is 18.2 Å². The first kappa shape index (κ1) is 13.4. The fourth-order valence-corrected chi connectivity index (χ4v) is 3.59. The van der Waals surface area contributed by atoms with Gasteiger partial charge >= 0.3 is 0 Å². The van der Waals surface area contributed by atoms with Crippen LogP contribution in [0.5, 0.6) is 0 Å². The monoisotopic (exact) mass is 293 g/mol. The molecule has 1 aromatic heterocycles. The Morgan fingerprint density at radius 3 is 2.75 bits per heavy atom. The number of nitrogen functional groups attached to an aromatic ring is 1. The Hall–Kier alpha value is -1.56. The third kappa shape index (κ3) is 2.28. The summed E-state index contributed by atoms with van der Waals surface area (Å²) in [4.78, 5) is 4.52. The highest BCUT2D eigenvalue weighted by molar-refractivity contribution is 7.91. The van der Waals surface area contributed by atoms with Crippen LogP contribution in [0.25, 0.3) is 11.0 Å². The van der Waals surface area contributed by atoms with E-state index in [1.165, 1.54) is 25.5 Å². The molecule has 0 aliphatic heterocycles. The van der Waals surface area contributed by atoms with Gasteiger partial charge in [-0.15, -0.1) is 0 Å². The molecule has 0 atom stereocenters. The van der Waals surface area contributed by atoms with Gasteiger partial charge in [0.05, 0.1) is 10.4 Å². The molecular formula is C14H19N3O2S. The van der Waals surface area contributed by atoms with Crippen molar-refractivity contribution in [3.63, 3.8) is 0 Å². The summed E-state index contributed by atoms with van der Waals surface area (Å²) in [5.41, 5.74) is 7.27. The average molecular weight is 293 g/mol. The molecule has 0 amide bonds. The summed E-state index contributed by atoms with van der Waals surface area (Å²) in [5.74, 6) is 1.18. The van der Waals surface area contributed by atoms with Gasteiger partial charge in [0.1, 0.15) is 5.52 Å². The summed E-state index contributed by atoms with van der Waals surface area (Å²) in [6.45, 7) is 0.806. The van der Waals surface area contributed by atoms with Gasteiger partial charge in [-0.25, -0.2) is 13.4 Å². The van der Waals surface area contributed by atoms with Gasteiger partial charge in [0.25, 0.3) is 0 Å². The summed E-state index contributed by atoms with van der Waals surface area (Å²) >= 11 is 0. The maximum atomic E-state index is 11.8. The molecule has 1 heterocycles. The maximum Gasteiger partial charge on any atom is 0.201 e. The Bertz CT molecular complexity index is 745. The lowest BCUT2D eigenvalue weighted by Crippen LogP contribution is -2.14. The summed E-state index contributed by atoms with van der Waals surface area (Å²) in [6, 6.07) is 5.22. The van der Waals surface area contributed by atoms with Crippen LogP contribution >= 0.6 is 0 Å². The minimum absolute atomic E-state index is 0.254. The van der Waals surface area contributed by atoms with E-state index in [4.69, 9.17) is 5.73 Å². The van der Waals surface area contributed by atoms with E-state index in [1.807, 2.05) is 10.6 Å². The van der Waals surface area contributed by atoms with Gasteiger partial charge < -0.3 is 10.3 Å². The van der Waals surface area contributed by atoms with Crippen LogP contribution in [0.15, 0.2) is 23.1 Å². The van der Waals surface area contributed by atoms with Crippen molar-refractivity contribution in [3.8, 4) is 0 Å². The molecule has 1 aliphatic carbocycles. The summed E-state index contributed by atoms with van der Waals surface area (Å²) in [6.07, 6.45) is 6.19. The van der Waals surface area contributed by atoms with Crippen molar-refractivity contribution < 1.29 is 8.42 Å². The number of hydrogen-bond acceptors (Lipinski definition) is 4. The number of nitrogens with two attached hydrogens (primary N) is 1. The smallest absolute Gasteiger partial charge is 0.201 e. The van der Waals surface area contributed by atoms with Gasteiger partial charge in [0.15, 0.2) is 9.84 Å². The molecule has 0 spiro atoms. The van der Waals surface area contributed by atoms with E-state index in [0.717, 1.165) is 24.4 Å². The highest BCUT2D eigenvalue weighted by Crippen LogP contribution is 2.31. The topological polar surface area (TPSA) is 78.0 Å². The molecule has 0 unspecified atom stereocenters. The molecule has 3 rings (SSSR count). The predicted molar refractivity (Wildman–Crippen MR) is 79.2 cm³/mol. The van der Waals surface area contributed by atoms with Gasteiger partial charge in [-0.2, -0.15) is 0 Å². The molecule has 1 fully saturated rings. The minimum Gasteiger partial charge on any atom is -0.369 e. The van der Waals surface area contributed by atoms with Crippen LogP contribution in [0.2, 0.25) is 0 Å². The fraction of sp³-hybridized carbons (Fsp3) is 0.500. The van der Waals surface area contributed by atoms with Crippen LogP contribution in [-0.2, 0) is 16.4 Å². The summed E-state index contributed by atoms with van der Waals surface area (Å²) in [5, 5.41) is 0. The van der Waals surface area contributed by atoms with E-state index >= 15 is 0 Å². The Morgan fingerprint density at radius 1 is 1.40 bits per heavy atom. The van der Waals surface area contributed by atoms with E-state index < -0.39 is 9.84 Å². The second kappa shape index (κ2) is 4.77. The molecule has 1 saturated carbocycles. The van der Waals surface area contributed by atoms with Crippen LogP contribution in [0.1, 0.15) is 25.7 Å². The molecule has 1 aliphatic rings. The van der Waals surface area contributed by atoms with E-state index in [2.05, 4.69) is 4.98 Å². The number of sulfone groups is 1. The van der Waals surface area contributed by atoms with Crippen molar-refractivity contribution in [2.24, 2.45) is 5.92 Å². The Labute approximate surface area is 118 Å². The van der Waals surface area contributed by atoms with Gasteiger partial charge in [0.2, 0.25) is 5.95 Å². The first-order valence-electron chi connectivity index (χ1n) is 6.91. The SMILES string of the molecule is CS(=O)(=O)c1cccc2c1nc(N)n2CCC1CCC1. The number of nitrogens with zero attached hydrogens (tertiary/aromatic N) is 2. The molecule has 0 radical (unpaired) electrons. The molecule has 2 N–H and O–H groups in total. The Balaban J connectivity index is 2.02. The van der Waals surface area contributed by atoms with E-state index in [0.29, 0.717) is 11.5 Å². The molecule has 0 saturated heterocycles. The first-order chi connectivity index (χ1) is 9.47. The zero-order chi connectivity index (χ0) is 14.3. The number of hydrogen-bond donors (Lipinski definition) is 1. The maximum absolute atomic E-state index is 11.8. The van der Waals surface area contributed by atoms with Gasteiger partial charge in [0, 0.05) is 12.8 Å². The molecule has 6 heteroatoms. The number of aryl methyl sites for hydroxylation is 1. The molecule has 5 nitrogen and oxygen atoms in total. The molecule has 108 valence electrons. The normalized spacial score (nSPS) is 16.4. The number of rotatable bonds is 4. The lowest BCUT2D eigenvalue weighted by Gasteiger charge is -2.25. The van der Waals surface area contributed by atoms with Crippen molar-refractivity contribution in [1.29, 1.82) is 0 Å². The number of imidazole rings is 1. The van der Waals surface area contributed by atoms with Crippen LogP contribution in [0.3, 0.4) is 0 Å². The quantitative estimate of drug-likeness (QED) is 0.937. The van der Waals surface area contributed by atoms with E-state index in [1.54, 1.807) is 12.1 Å². The number of aromatic nitrogens is 2. The molecular weight excluding hydrogens is 274 g/mol. The third-order valence-corrected chi connectivity index (χ3v) is 5.28. The fourth-order valence-electron chi connectivity index (χ4n) is 2.77. The van der Waals surface area contributed by atoms with Crippen molar-refractivity contribution >= 4 is 26.8 Å². The molecule has 20 heavy (non-hydrogen) atoms. The molecule has 0 bridgehead atoms. The largest absolute Gasteiger partial charge is 0.369 e. The lowest BCUT2D eigenvalue weighted by molar-refractivity contribution is 0.284. The first-order valence-corrected chi connectivity index (χ1v) is 8.81. The summed E-state index contributed by atoms with van der Waals surface area (Å²) in [7, 11) is -3.29. The molecule has 2 aromatic rings. The van der Waals surface area contributed by atoms with Gasteiger partial charge in [-0.1, -0.05) is 25.3 Å². The van der Waals surface area contributed by atoms with Crippen molar-refractivity contribution in [2.75, 3.05) is 12.0 Å². The number of fused-ring (bicyclic) bond motifs is 1. The number of anilines is 1. The van der Waals surface area contributed by atoms with E-state index in [9.17, 15) is 8.42 Å². The Morgan fingerprint density at radius 2 is 2.15 bits per heavy atom. The lowest BCUT2D eigenvalue weighted by atomic mass is 9.83. The second-order valence-electron chi connectivity index (χ2n) is 5.60. The van der Waals surface area contributed by atoms with Gasteiger partial charge in [-0.3, -0.25) is 0 Å². The zero-order valence-electron chi connectivity index (χ0n) is 11.5. The Kier molecular flexibility index (Phi) is 3.20. The summed E-state index contributed by atoms with van der Waals surface area (Å²) < 4.78 is 25.5. The van der Waals surface area contributed by atoms with Crippen molar-refractivity contribution in [1.82, 2.24) is 9.55 Å². The molecule has 1 aromatic carbocycles. The van der Waals surface area contributed by atoms with E-state index in [-0.39, 0.29) is 4.90 Å². The van der Waals surface area contributed by atoms with Crippen LogP contribution in [0.4, 0.5) is 5.95 Å². The number of benzene rings is 1.